The molecule has 5 heteroatoms. The molecule has 1 saturated heterocycles. The van der Waals surface area contributed by atoms with E-state index in [1.807, 2.05) is 11.8 Å². The molecule has 162 valence electrons. The van der Waals surface area contributed by atoms with Crippen LogP contribution in [0, 0.1) is 6.92 Å². The molecular weight excluding hydrogens is 372 g/mol. The molecule has 3 rings (SSSR count). The van der Waals surface area contributed by atoms with Gasteiger partial charge >= 0.3 is 0 Å². The number of anilines is 1. The van der Waals surface area contributed by atoms with Crippen molar-refractivity contribution in [2.75, 3.05) is 31.1 Å². The topological polar surface area (TPSA) is 49.3 Å². The van der Waals surface area contributed by atoms with Crippen LogP contribution < -0.4 is 4.90 Å². The Morgan fingerprint density at radius 3 is 2.37 bits per heavy atom. The van der Waals surface area contributed by atoms with E-state index in [1.54, 1.807) is 0 Å². The number of hydrogen-bond donors (Lipinski definition) is 0. The molecule has 1 aliphatic heterocycles. The van der Waals surface area contributed by atoms with Gasteiger partial charge in [-0.3, -0.25) is 4.79 Å². The molecule has 0 spiro atoms. The second kappa shape index (κ2) is 11.1. The smallest absolute Gasteiger partial charge is 0.222 e. The molecule has 0 aliphatic carbocycles. The predicted molar refractivity (Wildman–Crippen MR) is 123 cm³/mol. The number of aromatic nitrogens is 2. The summed E-state index contributed by atoms with van der Waals surface area (Å²) in [6.07, 6.45) is 7.02. The zero-order valence-corrected chi connectivity index (χ0v) is 18.9. The Bertz CT molecular complexity index is 813. The number of amides is 1. The lowest BCUT2D eigenvalue weighted by Crippen LogP contribution is -2.49. The molecule has 1 aliphatic rings. The lowest BCUT2D eigenvalue weighted by molar-refractivity contribution is -0.131. The van der Waals surface area contributed by atoms with Crippen LogP contribution in [-0.4, -0.2) is 47.0 Å². The minimum Gasteiger partial charge on any atom is -0.353 e. The van der Waals surface area contributed by atoms with Gasteiger partial charge in [-0.05, 0) is 25.3 Å². The van der Waals surface area contributed by atoms with Crippen molar-refractivity contribution in [3.05, 3.63) is 53.0 Å². The highest BCUT2D eigenvalue weighted by Gasteiger charge is 2.25. The molecule has 30 heavy (non-hydrogen) atoms. The van der Waals surface area contributed by atoms with E-state index in [-0.39, 0.29) is 0 Å². The first-order valence-corrected chi connectivity index (χ1v) is 11.5. The monoisotopic (exact) mass is 408 g/mol. The molecule has 1 aromatic heterocycles. The number of nitrogens with zero attached hydrogens (tertiary/aromatic N) is 4. The third-order valence-electron chi connectivity index (χ3n) is 5.92. The lowest BCUT2D eigenvalue weighted by atomic mass is 10.0. The molecule has 0 atom stereocenters. The summed E-state index contributed by atoms with van der Waals surface area (Å²) >= 11 is 0. The van der Waals surface area contributed by atoms with Crippen molar-refractivity contribution in [1.82, 2.24) is 14.9 Å². The zero-order chi connectivity index (χ0) is 21.3. The minimum atomic E-state index is 0.309. The van der Waals surface area contributed by atoms with Crippen LogP contribution in [-0.2, 0) is 17.6 Å². The zero-order valence-electron chi connectivity index (χ0n) is 18.9. The molecule has 1 fully saturated rings. The summed E-state index contributed by atoms with van der Waals surface area (Å²) < 4.78 is 0. The maximum absolute atomic E-state index is 12.5. The van der Waals surface area contributed by atoms with Gasteiger partial charge < -0.3 is 9.80 Å². The van der Waals surface area contributed by atoms with Gasteiger partial charge in [-0.1, -0.05) is 63.4 Å². The van der Waals surface area contributed by atoms with Crippen LogP contribution in [0.5, 0.6) is 0 Å². The number of hydrogen-bond acceptors (Lipinski definition) is 4. The number of rotatable bonds is 9. The van der Waals surface area contributed by atoms with Gasteiger partial charge in [0.1, 0.15) is 11.6 Å². The Morgan fingerprint density at radius 2 is 1.70 bits per heavy atom. The van der Waals surface area contributed by atoms with Crippen molar-refractivity contribution in [3.63, 3.8) is 0 Å². The predicted octanol–water partition coefficient (Wildman–Crippen LogP) is 4.56. The first-order valence-electron chi connectivity index (χ1n) is 11.5. The third-order valence-corrected chi connectivity index (χ3v) is 5.92. The number of piperazine rings is 1. The highest BCUT2D eigenvalue weighted by Crippen LogP contribution is 2.26. The first-order chi connectivity index (χ1) is 14.6. The maximum Gasteiger partial charge on any atom is 0.222 e. The fraction of sp³-hybridized carbons (Fsp3) is 0.560. The van der Waals surface area contributed by atoms with Crippen LogP contribution in [0.25, 0.3) is 0 Å². The summed E-state index contributed by atoms with van der Waals surface area (Å²) in [5.74, 6) is 2.19. The molecule has 0 unspecified atom stereocenters. The van der Waals surface area contributed by atoms with Crippen molar-refractivity contribution in [3.8, 4) is 0 Å². The van der Waals surface area contributed by atoms with E-state index in [0.717, 1.165) is 69.2 Å². The van der Waals surface area contributed by atoms with E-state index in [1.165, 1.54) is 24.0 Å². The number of benzene rings is 1. The lowest BCUT2D eigenvalue weighted by Gasteiger charge is -2.36. The average Bonchev–Trinajstić information content (AvgIpc) is 2.78. The fourth-order valence-electron chi connectivity index (χ4n) is 4.20. The van der Waals surface area contributed by atoms with Gasteiger partial charge in [0.2, 0.25) is 5.91 Å². The normalized spacial score (nSPS) is 14.2. The van der Waals surface area contributed by atoms with Crippen LogP contribution in [0.1, 0.15) is 68.6 Å². The molecule has 1 aromatic carbocycles. The van der Waals surface area contributed by atoms with Gasteiger partial charge in [-0.15, -0.1) is 0 Å². The number of carbonyl (C=O) groups excluding carboxylic acids is 1. The molecule has 0 bridgehead atoms. The second-order valence-electron chi connectivity index (χ2n) is 8.21. The fourth-order valence-corrected chi connectivity index (χ4v) is 4.20. The highest BCUT2D eigenvalue weighted by molar-refractivity contribution is 5.76. The second-order valence-corrected chi connectivity index (χ2v) is 8.21. The standard InChI is InChI=1S/C25H36N4O/c1-4-6-7-11-14-24(30)28-15-17-29(18-16-28)25-22(19-21-12-9-8-10-13-21)23(5-2)26-20(3)27-25/h8-10,12-13H,4-7,11,14-19H2,1-3H3. The maximum atomic E-state index is 12.5. The van der Waals surface area contributed by atoms with E-state index in [2.05, 4.69) is 49.1 Å². The Hall–Kier alpha value is -2.43. The summed E-state index contributed by atoms with van der Waals surface area (Å²) in [7, 11) is 0. The van der Waals surface area contributed by atoms with Gasteiger partial charge in [0.25, 0.3) is 0 Å². The molecule has 2 heterocycles. The third kappa shape index (κ3) is 5.80. The van der Waals surface area contributed by atoms with Crippen LogP contribution in [0.15, 0.2) is 30.3 Å². The highest BCUT2D eigenvalue weighted by atomic mass is 16.2. The molecular formula is C25H36N4O. The van der Waals surface area contributed by atoms with Crippen molar-refractivity contribution in [1.29, 1.82) is 0 Å². The molecule has 2 aromatic rings. The first kappa shape index (κ1) is 22.3. The van der Waals surface area contributed by atoms with Gasteiger partial charge in [0.05, 0.1) is 0 Å². The molecule has 5 nitrogen and oxygen atoms in total. The molecule has 0 saturated carbocycles. The summed E-state index contributed by atoms with van der Waals surface area (Å²) in [5.41, 5.74) is 3.64. The largest absolute Gasteiger partial charge is 0.353 e. The quantitative estimate of drug-likeness (QED) is 0.571. The van der Waals surface area contributed by atoms with Gasteiger partial charge in [-0.2, -0.15) is 0 Å². The Kier molecular flexibility index (Phi) is 8.23. The summed E-state index contributed by atoms with van der Waals surface area (Å²) in [4.78, 5) is 26.5. The Balaban J connectivity index is 1.70. The van der Waals surface area contributed by atoms with Crippen LogP contribution in [0.4, 0.5) is 5.82 Å². The van der Waals surface area contributed by atoms with Crippen molar-refractivity contribution in [2.24, 2.45) is 0 Å². The van der Waals surface area contributed by atoms with Gasteiger partial charge in [0, 0.05) is 50.3 Å². The Morgan fingerprint density at radius 1 is 0.967 bits per heavy atom. The van der Waals surface area contributed by atoms with E-state index in [9.17, 15) is 4.79 Å². The molecule has 0 radical (unpaired) electrons. The van der Waals surface area contributed by atoms with Crippen molar-refractivity contribution < 1.29 is 4.79 Å². The summed E-state index contributed by atoms with van der Waals surface area (Å²) in [6, 6.07) is 10.5. The van der Waals surface area contributed by atoms with Crippen LogP contribution in [0.3, 0.4) is 0 Å². The number of carbonyl (C=O) groups is 1. The summed E-state index contributed by atoms with van der Waals surface area (Å²) in [5, 5.41) is 0. The van der Waals surface area contributed by atoms with E-state index in [4.69, 9.17) is 9.97 Å². The van der Waals surface area contributed by atoms with E-state index < -0.39 is 0 Å². The Labute approximate surface area is 181 Å². The number of unbranched alkanes of at least 4 members (excludes halogenated alkanes) is 3. The molecule has 0 N–H and O–H groups in total. The van der Waals surface area contributed by atoms with Gasteiger partial charge in [-0.25, -0.2) is 9.97 Å². The van der Waals surface area contributed by atoms with Crippen molar-refractivity contribution >= 4 is 11.7 Å². The van der Waals surface area contributed by atoms with Crippen molar-refractivity contribution in [2.45, 2.75) is 65.7 Å². The van der Waals surface area contributed by atoms with E-state index in [0.29, 0.717) is 12.3 Å². The van der Waals surface area contributed by atoms with Gasteiger partial charge in [0.15, 0.2) is 0 Å². The average molecular weight is 409 g/mol. The van der Waals surface area contributed by atoms with Crippen LogP contribution in [0.2, 0.25) is 0 Å². The SMILES string of the molecule is CCCCCCC(=O)N1CCN(c2nc(C)nc(CC)c2Cc2ccccc2)CC1. The minimum absolute atomic E-state index is 0.309. The summed E-state index contributed by atoms with van der Waals surface area (Å²) in [6.45, 7) is 9.57. The van der Waals surface area contributed by atoms with Crippen LogP contribution >= 0.6 is 0 Å². The molecule has 1 amide bonds. The number of aryl methyl sites for hydroxylation is 2. The van der Waals surface area contributed by atoms with E-state index >= 15 is 0 Å².